The Balaban J connectivity index is 1.78. The monoisotopic (exact) mass is 344 g/mol. The van der Waals surface area contributed by atoms with Crippen molar-refractivity contribution in [2.75, 3.05) is 4.90 Å². The predicted octanol–water partition coefficient (Wildman–Crippen LogP) is 5.37. The highest BCUT2D eigenvalue weighted by Crippen LogP contribution is 2.40. The molecule has 0 saturated heterocycles. The molecule has 2 aromatic carbocycles. The number of nitrogens with zero attached hydrogens (tertiary/aromatic N) is 2. The van der Waals surface area contributed by atoms with Crippen LogP contribution in [0.2, 0.25) is 0 Å². The fourth-order valence-corrected chi connectivity index (χ4v) is 3.89. The quantitative estimate of drug-likeness (QED) is 0.737. The summed E-state index contributed by atoms with van der Waals surface area (Å²) in [7, 11) is 0. The first-order valence-electron chi connectivity index (χ1n) is 9.28. The first-order valence-corrected chi connectivity index (χ1v) is 9.28. The number of aliphatic imine (C=N–C) groups is 1. The van der Waals surface area contributed by atoms with Gasteiger partial charge in [-0.1, -0.05) is 36.9 Å². The summed E-state index contributed by atoms with van der Waals surface area (Å²) in [6.07, 6.45) is 4.73. The van der Waals surface area contributed by atoms with E-state index in [2.05, 4.69) is 44.7 Å². The second-order valence-corrected chi connectivity index (χ2v) is 7.34. The van der Waals surface area contributed by atoms with Crippen LogP contribution in [-0.2, 0) is 11.3 Å². The van der Waals surface area contributed by atoms with Crippen molar-refractivity contribution in [3.8, 4) is 0 Å². The zero-order valence-electron chi connectivity index (χ0n) is 15.5. The van der Waals surface area contributed by atoms with E-state index in [0.29, 0.717) is 6.54 Å². The van der Waals surface area contributed by atoms with E-state index in [4.69, 9.17) is 4.99 Å². The maximum atomic E-state index is 13.3. The minimum atomic E-state index is -0.0598. The first-order chi connectivity index (χ1) is 12.6. The van der Waals surface area contributed by atoms with E-state index in [1.807, 2.05) is 23.1 Å². The Kier molecular flexibility index (Phi) is 4.23. The molecule has 3 nitrogen and oxygen atoms in total. The van der Waals surface area contributed by atoms with E-state index in [0.717, 1.165) is 47.5 Å². The van der Waals surface area contributed by atoms with Gasteiger partial charge in [-0.05, 0) is 67.5 Å². The van der Waals surface area contributed by atoms with Crippen LogP contribution in [-0.4, -0.2) is 11.6 Å². The molecule has 0 aromatic heterocycles. The molecular weight excluding hydrogens is 320 g/mol. The van der Waals surface area contributed by atoms with Gasteiger partial charge >= 0.3 is 0 Å². The van der Waals surface area contributed by atoms with Crippen molar-refractivity contribution in [2.24, 2.45) is 10.9 Å². The molecule has 2 aliphatic rings. The van der Waals surface area contributed by atoms with Crippen LogP contribution in [0.15, 0.2) is 48.0 Å². The molecule has 1 heterocycles. The number of anilines is 1. The number of hydrogen-bond donors (Lipinski definition) is 0. The van der Waals surface area contributed by atoms with Gasteiger partial charge in [0.15, 0.2) is 0 Å². The molecule has 0 unspecified atom stereocenters. The van der Waals surface area contributed by atoms with Gasteiger partial charge in [0.25, 0.3) is 0 Å². The molecule has 2 aromatic rings. The Morgan fingerprint density at radius 2 is 1.92 bits per heavy atom. The SMILES string of the molecule is C=Cc1ccc(CN2C(=O)[C@H]3CCCC3=Nc3cc(C)c(C)cc32)cc1. The van der Waals surface area contributed by atoms with Crippen LogP contribution in [0.5, 0.6) is 0 Å². The lowest BCUT2D eigenvalue weighted by Crippen LogP contribution is -2.36. The summed E-state index contributed by atoms with van der Waals surface area (Å²) in [5.41, 5.74) is 7.54. The predicted molar refractivity (Wildman–Crippen MR) is 108 cm³/mol. The molecular formula is C23H24N2O. The standard InChI is InChI=1S/C23H24N2O/c1-4-17-8-10-18(11-9-17)14-25-22-13-16(3)15(2)12-21(22)24-20-7-5-6-19(20)23(25)26/h4,8-13,19H,1,5-7,14H2,2-3H3/t19-/m0/s1. The molecule has 3 heteroatoms. The highest BCUT2D eigenvalue weighted by Gasteiger charge is 2.36. The van der Waals surface area contributed by atoms with Crippen molar-refractivity contribution >= 4 is 29.1 Å². The van der Waals surface area contributed by atoms with Crippen molar-refractivity contribution in [1.29, 1.82) is 0 Å². The smallest absolute Gasteiger partial charge is 0.236 e. The van der Waals surface area contributed by atoms with E-state index in [1.165, 1.54) is 11.1 Å². The fraction of sp³-hybridized carbons (Fsp3) is 0.304. The summed E-state index contributed by atoms with van der Waals surface area (Å²) >= 11 is 0. The van der Waals surface area contributed by atoms with Crippen LogP contribution in [0, 0.1) is 19.8 Å². The highest BCUT2D eigenvalue weighted by atomic mass is 16.2. The summed E-state index contributed by atoms with van der Waals surface area (Å²) < 4.78 is 0. The van der Waals surface area contributed by atoms with Crippen molar-refractivity contribution in [1.82, 2.24) is 0 Å². The Morgan fingerprint density at radius 1 is 1.19 bits per heavy atom. The molecule has 0 spiro atoms. The molecule has 4 rings (SSSR count). The summed E-state index contributed by atoms with van der Waals surface area (Å²) in [4.78, 5) is 20.2. The summed E-state index contributed by atoms with van der Waals surface area (Å²) in [5.74, 6) is 0.131. The average molecular weight is 344 g/mol. The zero-order chi connectivity index (χ0) is 18.3. The average Bonchev–Trinajstić information content (AvgIpc) is 3.07. The molecule has 132 valence electrons. The van der Waals surface area contributed by atoms with Gasteiger partial charge in [-0.3, -0.25) is 9.79 Å². The maximum absolute atomic E-state index is 13.3. The number of carbonyl (C=O) groups is 1. The Bertz CT molecular complexity index is 909. The topological polar surface area (TPSA) is 32.7 Å². The van der Waals surface area contributed by atoms with E-state index < -0.39 is 0 Å². The van der Waals surface area contributed by atoms with Crippen molar-refractivity contribution in [3.63, 3.8) is 0 Å². The number of fused-ring (bicyclic) bond motifs is 2. The zero-order valence-corrected chi connectivity index (χ0v) is 15.5. The van der Waals surface area contributed by atoms with Crippen LogP contribution in [0.3, 0.4) is 0 Å². The highest BCUT2D eigenvalue weighted by molar-refractivity contribution is 6.15. The molecule has 1 amide bonds. The van der Waals surface area contributed by atoms with Crippen LogP contribution in [0.4, 0.5) is 11.4 Å². The lowest BCUT2D eigenvalue weighted by molar-refractivity contribution is -0.120. The summed E-state index contributed by atoms with van der Waals surface area (Å²) in [6, 6.07) is 12.5. The third-order valence-corrected chi connectivity index (χ3v) is 5.59. The second kappa shape index (κ2) is 6.56. The number of amides is 1. The molecule has 0 N–H and O–H groups in total. The van der Waals surface area contributed by atoms with Crippen molar-refractivity contribution in [3.05, 3.63) is 65.2 Å². The number of rotatable bonds is 3. The van der Waals surface area contributed by atoms with E-state index in [9.17, 15) is 4.79 Å². The minimum absolute atomic E-state index is 0.0598. The number of carbonyl (C=O) groups excluding carboxylic acids is 1. The number of hydrogen-bond acceptors (Lipinski definition) is 2. The Labute approximate surface area is 155 Å². The summed E-state index contributed by atoms with van der Waals surface area (Å²) in [6.45, 7) is 8.58. The molecule has 0 radical (unpaired) electrons. The maximum Gasteiger partial charge on any atom is 0.236 e. The Hall–Kier alpha value is -2.68. The van der Waals surface area contributed by atoms with Gasteiger partial charge < -0.3 is 4.90 Å². The molecule has 1 saturated carbocycles. The summed E-state index contributed by atoms with van der Waals surface area (Å²) in [5, 5.41) is 0. The van der Waals surface area contributed by atoms with Crippen LogP contribution in [0.25, 0.3) is 6.08 Å². The largest absolute Gasteiger partial charge is 0.305 e. The molecule has 1 fully saturated rings. The van der Waals surface area contributed by atoms with E-state index in [1.54, 1.807) is 0 Å². The normalized spacial score (nSPS) is 18.8. The van der Waals surface area contributed by atoms with E-state index >= 15 is 0 Å². The molecule has 26 heavy (non-hydrogen) atoms. The lowest BCUT2D eigenvalue weighted by atomic mass is 10.0. The van der Waals surface area contributed by atoms with Gasteiger partial charge in [0.2, 0.25) is 5.91 Å². The Morgan fingerprint density at radius 3 is 2.65 bits per heavy atom. The number of aryl methyl sites for hydroxylation is 2. The second-order valence-electron chi connectivity index (χ2n) is 7.34. The fourth-order valence-electron chi connectivity index (χ4n) is 3.89. The molecule has 0 bridgehead atoms. The van der Waals surface area contributed by atoms with Crippen molar-refractivity contribution in [2.45, 2.75) is 39.7 Å². The van der Waals surface area contributed by atoms with Gasteiger partial charge in [-0.2, -0.15) is 0 Å². The van der Waals surface area contributed by atoms with Crippen LogP contribution < -0.4 is 4.90 Å². The van der Waals surface area contributed by atoms with Crippen LogP contribution >= 0.6 is 0 Å². The number of benzene rings is 2. The molecule has 1 aliphatic carbocycles. The third kappa shape index (κ3) is 2.88. The molecule has 1 atom stereocenters. The van der Waals surface area contributed by atoms with Gasteiger partial charge in [-0.25, -0.2) is 0 Å². The van der Waals surface area contributed by atoms with Gasteiger partial charge in [0.1, 0.15) is 0 Å². The third-order valence-electron chi connectivity index (χ3n) is 5.59. The van der Waals surface area contributed by atoms with Crippen LogP contribution in [0.1, 0.15) is 41.5 Å². The minimum Gasteiger partial charge on any atom is -0.305 e. The van der Waals surface area contributed by atoms with Gasteiger partial charge in [0.05, 0.1) is 23.8 Å². The first kappa shape index (κ1) is 16.8. The van der Waals surface area contributed by atoms with Gasteiger partial charge in [-0.15, -0.1) is 0 Å². The molecule has 1 aliphatic heterocycles. The van der Waals surface area contributed by atoms with E-state index in [-0.39, 0.29) is 11.8 Å². The van der Waals surface area contributed by atoms with Gasteiger partial charge in [0, 0.05) is 5.71 Å². The lowest BCUT2D eigenvalue weighted by Gasteiger charge is -2.25. The van der Waals surface area contributed by atoms with Crippen molar-refractivity contribution < 1.29 is 4.79 Å².